The zero-order chi connectivity index (χ0) is 15.5. The lowest BCUT2D eigenvalue weighted by Crippen LogP contribution is -2.34. The number of hydrogen-bond acceptors (Lipinski definition) is 6. The first-order valence-electron chi connectivity index (χ1n) is 6.70. The predicted octanol–water partition coefficient (Wildman–Crippen LogP) is 1.53. The van der Waals surface area contributed by atoms with Crippen molar-refractivity contribution in [3.63, 3.8) is 0 Å². The number of nitrogens with one attached hydrogen (secondary N) is 2. The summed E-state index contributed by atoms with van der Waals surface area (Å²) < 4.78 is 34.5. The monoisotopic (exact) mass is 332 g/mol. The lowest BCUT2D eigenvalue weighted by atomic mass is 10.3. The average molecular weight is 332 g/mol. The number of hydrogen-bond donors (Lipinski definition) is 2. The molecule has 1 atom stereocenters. The molecular weight excluding hydrogens is 312 g/mol. The number of rotatable bonds is 8. The Kier molecular flexibility index (Phi) is 5.20. The molecule has 2 rings (SSSR count). The van der Waals surface area contributed by atoms with Crippen LogP contribution < -0.4 is 10.0 Å². The highest BCUT2D eigenvalue weighted by Crippen LogP contribution is 2.25. The fraction of sp³-hybridized carbons (Fsp3) is 0.583. The van der Waals surface area contributed by atoms with Crippen LogP contribution in [0.3, 0.4) is 0 Å². The summed E-state index contributed by atoms with van der Waals surface area (Å²) in [5.41, 5.74) is 0. The van der Waals surface area contributed by atoms with Crippen LogP contribution in [0.4, 0.5) is 5.82 Å². The maximum absolute atomic E-state index is 12.6. The van der Waals surface area contributed by atoms with Crippen LogP contribution in [0.2, 0.25) is 0 Å². The van der Waals surface area contributed by atoms with E-state index in [0.29, 0.717) is 30.4 Å². The molecule has 0 aliphatic carbocycles. The smallest absolute Gasteiger partial charge is 0.260 e. The number of methoxy groups -OCH3 is 1. The molecule has 0 saturated carbocycles. The van der Waals surface area contributed by atoms with Crippen molar-refractivity contribution in [1.82, 2.24) is 14.1 Å². The Morgan fingerprint density at radius 3 is 2.95 bits per heavy atom. The summed E-state index contributed by atoms with van der Waals surface area (Å²) in [6, 6.07) is -0.214. The van der Waals surface area contributed by atoms with Gasteiger partial charge in [0.05, 0.1) is 0 Å². The molecule has 0 aliphatic heterocycles. The fourth-order valence-electron chi connectivity index (χ4n) is 1.98. The highest BCUT2D eigenvalue weighted by molar-refractivity contribution is 7.89. The second-order valence-corrected chi connectivity index (χ2v) is 7.16. The van der Waals surface area contributed by atoms with Gasteiger partial charge < -0.3 is 10.1 Å². The van der Waals surface area contributed by atoms with E-state index in [1.54, 1.807) is 17.7 Å². The topological polar surface area (TPSA) is 84.7 Å². The van der Waals surface area contributed by atoms with Crippen LogP contribution in [0.1, 0.15) is 20.3 Å². The standard InChI is InChI=1S/C12H20N4O3S2/c1-4-13-10-11(16-6-8-20-12(16)14-10)21(17,18)15-9(2)5-7-19-3/h6,8-9,13,15H,4-5,7H2,1-3H3. The quantitative estimate of drug-likeness (QED) is 0.766. The molecule has 2 N–H and O–H groups in total. The third kappa shape index (κ3) is 3.54. The third-order valence-electron chi connectivity index (χ3n) is 2.93. The van der Waals surface area contributed by atoms with Gasteiger partial charge in [0.2, 0.25) is 0 Å². The number of anilines is 1. The van der Waals surface area contributed by atoms with E-state index in [2.05, 4.69) is 15.0 Å². The maximum atomic E-state index is 12.6. The first-order chi connectivity index (χ1) is 9.99. The molecule has 0 aliphatic rings. The van der Waals surface area contributed by atoms with Gasteiger partial charge in [-0.25, -0.2) is 18.1 Å². The van der Waals surface area contributed by atoms with Gasteiger partial charge in [-0.2, -0.15) is 0 Å². The van der Waals surface area contributed by atoms with Crippen LogP contribution in [0.5, 0.6) is 0 Å². The van der Waals surface area contributed by atoms with Crippen LogP contribution in [0, 0.1) is 0 Å². The molecule has 21 heavy (non-hydrogen) atoms. The van der Waals surface area contributed by atoms with Crippen molar-refractivity contribution < 1.29 is 13.2 Å². The summed E-state index contributed by atoms with van der Waals surface area (Å²) in [6.45, 7) is 4.82. The normalized spacial score (nSPS) is 13.7. The van der Waals surface area contributed by atoms with E-state index in [9.17, 15) is 8.42 Å². The number of ether oxygens (including phenoxy) is 1. The van der Waals surface area contributed by atoms with Gasteiger partial charge in [0, 0.05) is 37.9 Å². The van der Waals surface area contributed by atoms with Crippen molar-refractivity contribution in [3.8, 4) is 0 Å². The number of thiazole rings is 1. The van der Waals surface area contributed by atoms with Crippen LogP contribution in [0.25, 0.3) is 4.96 Å². The van der Waals surface area contributed by atoms with Crippen LogP contribution in [-0.2, 0) is 14.8 Å². The number of imidazole rings is 1. The molecule has 0 saturated heterocycles. The van der Waals surface area contributed by atoms with E-state index in [4.69, 9.17) is 4.74 Å². The summed E-state index contributed by atoms with van der Waals surface area (Å²) in [5.74, 6) is 0.385. The molecule has 0 spiro atoms. The van der Waals surface area contributed by atoms with Crippen molar-refractivity contribution in [1.29, 1.82) is 0 Å². The Balaban J connectivity index is 2.34. The zero-order valence-electron chi connectivity index (χ0n) is 12.3. The molecule has 0 radical (unpaired) electrons. The van der Waals surface area contributed by atoms with Gasteiger partial charge in [0.25, 0.3) is 10.0 Å². The van der Waals surface area contributed by atoms with Crippen molar-refractivity contribution in [2.45, 2.75) is 31.3 Å². The number of fused-ring (bicyclic) bond motifs is 1. The van der Waals surface area contributed by atoms with E-state index >= 15 is 0 Å². The van der Waals surface area contributed by atoms with E-state index in [-0.39, 0.29) is 11.1 Å². The zero-order valence-corrected chi connectivity index (χ0v) is 13.9. The van der Waals surface area contributed by atoms with E-state index < -0.39 is 10.0 Å². The van der Waals surface area contributed by atoms with Crippen LogP contribution >= 0.6 is 11.3 Å². The summed E-state index contributed by atoms with van der Waals surface area (Å²) in [4.78, 5) is 4.97. The molecule has 7 nitrogen and oxygen atoms in total. The summed E-state index contributed by atoms with van der Waals surface area (Å²) in [7, 11) is -2.06. The van der Waals surface area contributed by atoms with Gasteiger partial charge in [-0.15, -0.1) is 11.3 Å². The number of sulfonamides is 1. The predicted molar refractivity (Wildman–Crippen MR) is 83.5 cm³/mol. The summed E-state index contributed by atoms with van der Waals surface area (Å²) in [6.07, 6.45) is 2.32. The van der Waals surface area contributed by atoms with Crippen molar-refractivity contribution in [2.75, 3.05) is 25.6 Å². The highest BCUT2D eigenvalue weighted by Gasteiger charge is 2.27. The largest absolute Gasteiger partial charge is 0.385 e. The van der Waals surface area contributed by atoms with Gasteiger partial charge >= 0.3 is 0 Å². The molecule has 0 amide bonds. The average Bonchev–Trinajstić information content (AvgIpc) is 2.95. The Bertz CT molecular complexity index is 692. The molecule has 2 aromatic rings. The Hall–Kier alpha value is -1.16. The van der Waals surface area contributed by atoms with E-state index in [1.807, 2.05) is 19.2 Å². The minimum Gasteiger partial charge on any atom is -0.385 e. The van der Waals surface area contributed by atoms with Crippen molar-refractivity contribution in [2.24, 2.45) is 0 Å². The Morgan fingerprint density at radius 2 is 2.29 bits per heavy atom. The summed E-state index contributed by atoms with van der Waals surface area (Å²) >= 11 is 1.40. The minimum absolute atomic E-state index is 0.157. The fourth-order valence-corrected chi connectivity index (χ4v) is 4.29. The van der Waals surface area contributed by atoms with Crippen molar-refractivity contribution >= 4 is 32.1 Å². The Labute approximate surface area is 128 Å². The van der Waals surface area contributed by atoms with Crippen LogP contribution in [-0.4, -0.2) is 44.1 Å². The molecule has 0 fully saturated rings. The molecule has 0 bridgehead atoms. The van der Waals surface area contributed by atoms with Gasteiger partial charge in [0.15, 0.2) is 15.8 Å². The molecule has 2 heterocycles. The van der Waals surface area contributed by atoms with Gasteiger partial charge in [0.1, 0.15) is 0 Å². The summed E-state index contributed by atoms with van der Waals surface area (Å²) in [5, 5.41) is 4.97. The van der Waals surface area contributed by atoms with Gasteiger partial charge in [-0.05, 0) is 20.3 Å². The van der Waals surface area contributed by atoms with Gasteiger partial charge in [-0.1, -0.05) is 0 Å². The number of nitrogens with zero attached hydrogens (tertiary/aromatic N) is 2. The second kappa shape index (κ2) is 6.73. The highest BCUT2D eigenvalue weighted by atomic mass is 32.2. The SMILES string of the molecule is CCNc1nc2sccn2c1S(=O)(=O)NC(C)CCOC. The molecule has 2 aromatic heterocycles. The lowest BCUT2D eigenvalue weighted by molar-refractivity contribution is 0.188. The van der Waals surface area contributed by atoms with Crippen LogP contribution in [0.15, 0.2) is 16.6 Å². The Morgan fingerprint density at radius 1 is 1.52 bits per heavy atom. The molecule has 1 unspecified atom stereocenters. The van der Waals surface area contributed by atoms with E-state index in [1.165, 1.54) is 11.3 Å². The number of aromatic nitrogens is 2. The molecule has 118 valence electrons. The minimum atomic E-state index is -3.66. The molecular formula is C12H20N4O3S2. The third-order valence-corrected chi connectivity index (χ3v) is 5.30. The van der Waals surface area contributed by atoms with Crippen molar-refractivity contribution in [3.05, 3.63) is 11.6 Å². The van der Waals surface area contributed by atoms with Gasteiger partial charge in [-0.3, -0.25) is 4.40 Å². The first-order valence-corrected chi connectivity index (χ1v) is 9.06. The first kappa shape index (κ1) is 16.2. The lowest BCUT2D eigenvalue weighted by Gasteiger charge is -2.14. The maximum Gasteiger partial charge on any atom is 0.260 e. The molecule has 0 aromatic carbocycles. The second-order valence-electron chi connectivity index (χ2n) is 4.66. The van der Waals surface area contributed by atoms with E-state index in [0.717, 1.165) is 0 Å². The molecule has 9 heteroatoms.